The van der Waals surface area contributed by atoms with Crippen LogP contribution in [0.25, 0.3) is 0 Å². The summed E-state index contributed by atoms with van der Waals surface area (Å²) in [6.07, 6.45) is 0.492. The summed E-state index contributed by atoms with van der Waals surface area (Å²) in [5, 5.41) is 5.63. The monoisotopic (exact) mass is 537 g/mol. The lowest BCUT2D eigenvalue weighted by molar-refractivity contribution is -0.134. The van der Waals surface area contributed by atoms with Gasteiger partial charge in [-0.3, -0.25) is 19.2 Å². The molecular weight excluding hydrogens is 498 g/mol. The van der Waals surface area contributed by atoms with Gasteiger partial charge in [-0.1, -0.05) is 42.5 Å². The summed E-state index contributed by atoms with van der Waals surface area (Å²) in [6.45, 7) is 3.80. The SMILES string of the molecule is COc1ccc(C[C@H](CC(=O)[C@H](C)NC(=O)CN(C)C)C(=O)N[C@@H](Cc2ccccc2)C(=O)[C@@]2(C)CO2)cc1. The molecule has 1 saturated heterocycles. The number of likely N-dealkylation sites (N-methyl/N-ethyl adjacent to an activating group) is 1. The molecule has 1 heterocycles. The van der Waals surface area contributed by atoms with Gasteiger partial charge in [-0.2, -0.15) is 0 Å². The lowest BCUT2D eigenvalue weighted by Crippen LogP contribution is -2.50. The largest absolute Gasteiger partial charge is 0.497 e. The highest BCUT2D eigenvalue weighted by Gasteiger charge is 2.50. The zero-order valence-electron chi connectivity index (χ0n) is 23.4. The van der Waals surface area contributed by atoms with Crippen LogP contribution in [-0.4, -0.2) is 80.3 Å². The van der Waals surface area contributed by atoms with E-state index in [0.29, 0.717) is 18.8 Å². The number of hydrogen-bond acceptors (Lipinski definition) is 7. The molecule has 1 aliphatic heterocycles. The lowest BCUT2D eigenvalue weighted by Gasteiger charge is -2.24. The average molecular weight is 538 g/mol. The quantitative estimate of drug-likeness (QED) is 0.334. The molecule has 2 aromatic rings. The Kier molecular flexibility index (Phi) is 10.4. The minimum Gasteiger partial charge on any atom is -0.497 e. The molecule has 0 saturated carbocycles. The van der Waals surface area contributed by atoms with Crippen molar-refractivity contribution in [2.45, 2.75) is 50.8 Å². The molecule has 0 radical (unpaired) electrons. The van der Waals surface area contributed by atoms with E-state index in [1.54, 1.807) is 52.1 Å². The van der Waals surface area contributed by atoms with Crippen LogP contribution in [0.15, 0.2) is 54.6 Å². The first-order chi connectivity index (χ1) is 18.5. The van der Waals surface area contributed by atoms with Gasteiger partial charge in [0.15, 0.2) is 11.6 Å². The van der Waals surface area contributed by atoms with Crippen molar-refractivity contribution in [3.05, 3.63) is 65.7 Å². The van der Waals surface area contributed by atoms with E-state index in [-0.39, 0.29) is 36.9 Å². The summed E-state index contributed by atoms with van der Waals surface area (Å²) < 4.78 is 10.6. The van der Waals surface area contributed by atoms with Crippen molar-refractivity contribution in [3.63, 3.8) is 0 Å². The molecule has 0 unspecified atom stereocenters. The van der Waals surface area contributed by atoms with E-state index in [2.05, 4.69) is 10.6 Å². The van der Waals surface area contributed by atoms with E-state index in [9.17, 15) is 19.2 Å². The van der Waals surface area contributed by atoms with Gasteiger partial charge in [-0.15, -0.1) is 0 Å². The summed E-state index contributed by atoms with van der Waals surface area (Å²) in [4.78, 5) is 54.0. The summed E-state index contributed by atoms with van der Waals surface area (Å²) >= 11 is 0. The van der Waals surface area contributed by atoms with E-state index in [4.69, 9.17) is 9.47 Å². The first kappa shape index (κ1) is 30.0. The van der Waals surface area contributed by atoms with Gasteiger partial charge in [0.1, 0.15) is 11.4 Å². The Morgan fingerprint density at radius 3 is 2.15 bits per heavy atom. The van der Waals surface area contributed by atoms with Crippen molar-refractivity contribution in [1.82, 2.24) is 15.5 Å². The first-order valence-electron chi connectivity index (χ1n) is 13.1. The molecule has 2 aromatic carbocycles. The van der Waals surface area contributed by atoms with Crippen LogP contribution in [0.1, 0.15) is 31.4 Å². The molecular formula is C30H39N3O6. The van der Waals surface area contributed by atoms with Crippen LogP contribution in [0.5, 0.6) is 5.75 Å². The maximum atomic E-state index is 13.7. The Hall–Kier alpha value is -3.56. The maximum Gasteiger partial charge on any atom is 0.234 e. The van der Waals surface area contributed by atoms with E-state index in [1.165, 1.54) is 0 Å². The van der Waals surface area contributed by atoms with E-state index >= 15 is 0 Å². The van der Waals surface area contributed by atoms with Crippen LogP contribution in [-0.2, 0) is 36.8 Å². The molecule has 9 nitrogen and oxygen atoms in total. The highest BCUT2D eigenvalue weighted by atomic mass is 16.6. The van der Waals surface area contributed by atoms with Crippen LogP contribution in [0, 0.1) is 5.92 Å². The number of nitrogens with one attached hydrogen (secondary N) is 2. The molecule has 4 atom stereocenters. The number of carbonyl (C=O) groups is 4. The summed E-state index contributed by atoms with van der Waals surface area (Å²) in [5.41, 5.74) is 0.830. The molecule has 3 rings (SSSR count). The number of methoxy groups -OCH3 is 1. The summed E-state index contributed by atoms with van der Waals surface area (Å²) in [7, 11) is 5.10. The van der Waals surface area contributed by atoms with E-state index < -0.39 is 29.5 Å². The minimum absolute atomic E-state index is 0.0959. The van der Waals surface area contributed by atoms with Gasteiger partial charge >= 0.3 is 0 Å². The standard InChI is InChI=1S/C30H39N3O6/c1-20(31-27(35)18-33(3)4)26(34)17-23(15-22-11-13-24(38-5)14-12-22)29(37)32-25(28(36)30(2)19-39-30)16-21-9-7-6-8-10-21/h6-14,20,23,25H,15-19H2,1-5H3,(H,31,35)(H,32,37)/t20-,23+,25-,30+/m0/s1. The number of carbonyl (C=O) groups excluding carboxylic acids is 4. The van der Waals surface area contributed by atoms with Crippen molar-refractivity contribution < 1.29 is 28.7 Å². The molecule has 39 heavy (non-hydrogen) atoms. The Bertz CT molecular complexity index is 1150. The number of benzene rings is 2. The number of nitrogens with zero attached hydrogens (tertiary/aromatic N) is 1. The molecule has 0 aliphatic carbocycles. The topological polar surface area (TPSA) is 117 Å². The van der Waals surface area contributed by atoms with Gasteiger partial charge in [0.05, 0.1) is 32.3 Å². The lowest BCUT2D eigenvalue weighted by atomic mass is 9.89. The van der Waals surface area contributed by atoms with Crippen LogP contribution in [0.4, 0.5) is 0 Å². The van der Waals surface area contributed by atoms with Crippen LogP contribution in [0.3, 0.4) is 0 Å². The molecule has 1 fully saturated rings. The molecule has 9 heteroatoms. The normalized spacial score (nSPS) is 18.5. The smallest absolute Gasteiger partial charge is 0.234 e. The number of ketones is 2. The predicted octanol–water partition coefficient (Wildman–Crippen LogP) is 1.96. The fraction of sp³-hybridized carbons (Fsp3) is 0.467. The van der Waals surface area contributed by atoms with Crippen molar-refractivity contribution in [3.8, 4) is 5.75 Å². The Balaban J connectivity index is 1.79. The van der Waals surface area contributed by atoms with Gasteiger partial charge in [0, 0.05) is 12.3 Å². The molecule has 2 N–H and O–H groups in total. The average Bonchev–Trinajstić information content (AvgIpc) is 3.66. The number of ether oxygens (including phenoxy) is 2. The fourth-order valence-corrected chi connectivity index (χ4v) is 4.35. The van der Waals surface area contributed by atoms with Crippen LogP contribution >= 0.6 is 0 Å². The van der Waals surface area contributed by atoms with Crippen molar-refractivity contribution in [2.75, 3.05) is 34.4 Å². The number of Topliss-reactive ketones (excluding diaryl/α,β-unsaturated/α-hetero) is 2. The third-order valence-corrected chi connectivity index (χ3v) is 6.79. The number of hydrogen-bond donors (Lipinski definition) is 2. The third kappa shape index (κ3) is 9.01. The van der Waals surface area contributed by atoms with Gasteiger partial charge < -0.3 is 25.0 Å². The Morgan fingerprint density at radius 2 is 1.59 bits per heavy atom. The maximum absolute atomic E-state index is 13.7. The van der Waals surface area contributed by atoms with Gasteiger partial charge in [0.2, 0.25) is 11.8 Å². The van der Waals surface area contributed by atoms with Crippen LogP contribution < -0.4 is 15.4 Å². The molecule has 0 aromatic heterocycles. The first-order valence-corrected chi connectivity index (χ1v) is 13.1. The van der Waals surface area contributed by atoms with Crippen LogP contribution in [0.2, 0.25) is 0 Å². The van der Waals surface area contributed by atoms with E-state index in [0.717, 1.165) is 11.1 Å². The zero-order chi connectivity index (χ0) is 28.6. The second kappa shape index (κ2) is 13.5. The fourth-order valence-electron chi connectivity index (χ4n) is 4.35. The minimum atomic E-state index is -0.917. The highest BCUT2D eigenvalue weighted by molar-refractivity contribution is 5.98. The highest BCUT2D eigenvalue weighted by Crippen LogP contribution is 2.29. The van der Waals surface area contributed by atoms with E-state index in [1.807, 2.05) is 42.5 Å². The molecule has 0 bridgehead atoms. The Morgan fingerprint density at radius 1 is 0.974 bits per heavy atom. The molecule has 210 valence electrons. The van der Waals surface area contributed by atoms with Crippen molar-refractivity contribution in [2.24, 2.45) is 5.92 Å². The van der Waals surface area contributed by atoms with Gasteiger partial charge in [-0.05, 0) is 64.0 Å². The second-order valence-electron chi connectivity index (χ2n) is 10.6. The van der Waals surface area contributed by atoms with Crippen molar-refractivity contribution >= 4 is 23.4 Å². The van der Waals surface area contributed by atoms with Crippen molar-refractivity contribution in [1.29, 1.82) is 0 Å². The molecule has 2 amide bonds. The zero-order valence-corrected chi connectivity index (χ0v) is 23.4. The van der Waals surface area contributed by atoms with Gasteiger partial charge in [0.25, 0.3) is 0 Å². The summed E-state index contributed by atoms with van der Waals surface area (Å²) in [5.74, 6) is -1.21. The van der Waals surface area contributed by atoms with Gasteiger partial charge in [-0.25, -0.2) is 0 Å². The predicted molar refractivity (Wildman–Crippen MR) is 147 cm³/mol. The number of amides is 2. The second-order valence-corrected chi connectivity index (χ2v) is 10.6. The number of rotatable bonds is 15. The molecule has 0 spiro atoms. The Labute approximate surface area is 230 Å². The molecule has 1 aliphatic rings. The summed E-state index contributed by atoms with van der Waals surface area (Å²) in [6, 6.07) is 15.2. The number of epoxide rings is 1. The third-order valence-electron chi connectivity index (χ3n) is 6.79.